The second kappa shape index (κ2) is 4.53. The molecule has 0 radical (unpaired) electrons. The van der Waals surface area contributed by atoms with Crippen LogP contribution in [0.3, 0.4) is 0 Å². The normalized spacial score (nSPS) is 10.9. The standard InChI is InChI=1S/C15H15N3/c16-13-2-4-15-12(9-13)10-14(18-15)3-1-11-5-7-17-8-6-11/h2,4-10,18H,1,3,16H2. The van der Waals surface area contributed by atoms with Crippen LogP contribution in [0.25, 0.3) is 10.9 Å². The highest BCUT2D eigenvalue weighted by Gasteiger charge is 2.01. The van der Waals surface area contributed by atoms with Crippen molar-refractivity contribution < 1.29 is 0 Å². The number of nitrogens with one attached hydrogen (secondary N) is 1. The van der Waals surface area contributed by atoms with E-state index in [9.17, 15) is 0 Å². The van der Waals surface area contributed by atoms with Crippen molar-refractivity contribution in [2.45, 2.75) is 12.8 Å². The number of aryl methyl sites for hydroxylation is 2. The predicted octanol–water partition coefficient (Wildman–Crippen LogP) is 2.93. The number of pyridine rings is 1. The lowest BCUT2D eigenvalue weighted by Crippen LogP contribution is -1.91. The third-order valence-electron chi connectivity index (χ3n) is 3.13. The quantitative estimate of drug-likeness (QED) is 0.688. The van der Waals surface area contributed by atoms with E-state index in [0.717, 1.165) is 24.0 Å². The van der Waals surface area contributed by atoms with Gasteiger partial charge >= 0.3 is 0 Å². The molecule has 0 aliphatic heterocycles. The van der Waals surface area contributed by atoms with Crippen LogP contribution < -0.4 is 5.73 Å². The third-order valence-corrected chi connectivity index (χ3v) is 3.13. The molecule has 0 fully saturated rings. The van der Waals surface area contributed by atoms with Gasteiger partial charge in [0.05, 0.1) is 0 Å². The maximum Gasteiger partial charge on any atom is 0.0457 e. The van der Waals surface area contributed by atoms with Gasteiger partial charge in [0, 0.05) is 34.7 Å². The number of rotatable bonds is 3. The average Bonchev–Trinajstić information content (AvgIpc) is 2.79. The van der Waals surface area contributed by atoms with E-state index < -0.39 is 0 Å². The van der Waals surface area contributed by atoms with Crippen molar-refractivity contribution in [2.75, 3.05) is 5.73 Å². The van der Waals surface area contributed by atoms with Crippen molar-refractivity contribution in [3.05, 3.63) is 60.0 Å². The van der Waals surface area contributed by atoms with Crippen LogP contribution in [0.1, 0.15) is 11.3 Å². The maximum absolute atomic E-state index is 5.78. The van der Waals surface area contributed by atoms with E-state index in [-0.39, 0.29) is 0 Å². The van der Waals surface area contributed by atoms with E-state index in [2.05, 4.69) is 28.2 Å². The molecule has 3 nitrogen and oxygen atoms in total. The molecule has 0 unspecified atom stereocenters. The van der Waals surface area contributed by atoms with Gasteiger partial charge in [-0.2, -0.15) is 0 Å². The van der Waals surface area contributed by atoms with Crippen LogP contribution in [0, 0.1) is 0 Å². The molecular formula is C15H15N3. The summed E-state index contributed by atoms with van der Waals surface area (Å²) in [6, 6.07) is 12.2. The smallest absolute Gasteiger partial charge is 0.0457 e. The van der Waals surface area contributed by atoms with E-state index in [1.54, 1.807) is 0 Å². The molecule has 1 aromatic carbocycles. The monoisotopic (exact) mass is 237 g/mol. The fourth-order valence-electron chi connectivity index (χ4n) is 2.17. The minimum Gasteiger partial charge on any atom is -0.399 e. The van der Waals surface area contributed by atoms with E-state index >= 15 is 0 Å². The summed E-state index contributed by atoms with van der Waals surface area (Å²) in [5, 5.41) is 1.18. The molecule has 0 atom stereocenters. The molecule has 3 rings (SSSR count). The van der Waals surface area contributed by atoms with Crippen molar-refractivity contribution in [1.29, 1.82) is 0 Å². The number of benzene rings is 1. The van der Waals surface area contributed by atoms with Gasteiger partial charge in [0.25, 0.3) is 0 Å². The molecule has 3 aromatic rings. The molecule has 0 aliphatic rings. The Morgan fingerprint density at radius 2 is 1.83 bits per heavy atom. The third kappa shape index (κ3) is 2.20. The lowest BCUT2D eigenvalue weighted by atomic mass is 10.1. The summed E-state index contributed by atoms with van der Waals surface area (Å²) in [6.07, 6.45) is 5.69. The summed E-state index contributed by atoms with van der Waals surface area (Å²) >= 11 is 0. The number of aromatic nitrogens is 2. The predicted molar refractivity (Wildman–Crippen MR) is 74.4 cm³/mol. The first kappa shape index (κ1) is 10.8. The number of H-pyrrole nitrogens is 1. The molecule has 3 heteroatoms. The van der Waals surface area contributed by atoms with Crippen LogP contribution in [-0.4, -0.2) is 9.97 Å². The SMILES string of the molecule is Nc1ccc2[nH]c(CCc3ccncc3)cc2c1. The molecule has 0 aliphatic carbocycles. The van der Waals surface area contributed by atoms with Gasteiger partial charge in [-0.05, 0) is 54.8 Å². The minimum atomic E-state index is 0.808. The Bertz CT molecular complexity index is 656. The fourth-order valence-corrected chi connectivity index (χ4v) is 2.17. The number of nitrogens with two attached hydrogens (primary N) is 1. The number of fused-ring (bicyclic) bond motifs is 1. The average molecular weight is 237 g/mol. The molecule has 0 amide bonds. The van der Waals surface area contributed by atoms with Gasteiger partial charge < -0.3 is 10.7 Å². The van der Waals surface area contributed by atoms with Crippen LogP contribution in [0.5, 0.6) is 0 Å². The summed E-state index contributed by atoms with van der Waals surface area (Å²) < 4.78 is 0. The molecule has 0 saturated heterocycles. The second-order valence-corrected chi connectivity index (χ2v) is 4.50. The number of hydrogen-bond donors (Lipinski definition) is 2. The minimum absolute atomic E-state index is 0.808. The number of hydrogen-bond acceptors (Lipinski definition) is 2. The summed E-state index contributed by atoms with van der Waals surface area (Å²) in [5.41, 5.74) is 10.3. The topological polar surface area (TPSA) is 54.7 Å². The zero-order chi connectivity index (χ0) is 12.4. The number of nitrogens with zero attached hydrogens (tertiary/aromatic N) is 1. The van der Waals surface area contributed by atoms with Crippen molar-refractivity contribution in [1.82, 2.24) is 9.97 Å². The van der Waals surface area contributed by atoms with Crippen LogP contribution >= 0.6 is 0 Å². The molecular weight excluding hydrogens is 222 g/mol. The molecule has 0 saturated carbocycles. The highest BCUT2D eigenvalue weighted by Crippen LogP contribution is 2.19. The number of aromatic amines is 1. The zero-order valence-corrected chi connectivity index (χ0v) is 10.1. The molecule has 2 aromatic heterocycles. The van der Waals surface area contributed by atoms with Crippen molar-refractivity contribution in [3.63, 3.8) is 0 Å². The molecule has 3 N–H and O–H groups in total. The zero-order valence-electron chi connectivity index (χ0n) is 10.1. The Hall–Kier alpha value is -2.29. The van der Waals surface area contributed by atoms with Gasteiger partial charge in [-0.15, -0.1) is 0 Å². The summed E-state index contributed by atoms with van der Waals surface area (Å²) in [5.74, 6) is 0. The molecule has 18 heavy (non-hydrogen) atoms. The van der Waals surface area contributed by atoms with Gasteiger partial charge in [0.15, 0.2) is 0 Å². The van der Waals surface area contributed by atoms with Crippen molar-refractivity contribution in [2.24, 2.45) is 0 Å². The first-order valence-electron chi connectivity index (χ1n) is 6.07. The summed E-state index contributed by atoms with van der Waals surface area (Å²) in [7, 11) is 0. The van der Waals surface area contributed by atoms with Gasteiger partial charge in [-0.3, -0.25) is 4.98 Å². The lowest BCUT2D eigenvalue weighted by molar-refractivity contribution is 0.926. The molecule has 90 valence electrons. The Labute approximate surface area is 106 Å². The van der Waals surface area contributed by atoms with Crippen LogP contribution in [0.15, 0.2) is 48.8 Å². The molecule has 0 bridgehead atoms. The van der Waals surface area contributed by atoms with Crippen LogP contribution in [0.4, 0.5) is 5.69 Å². The largest absolute Gasteiger partial charge is 0.399 e. The van der Waals surface area contributed by atoms with E-state index in [1.165, 1.54) is 16.6 Å². The van der Waals surface area contributed by atoms with Crippen LogP contribution in [0.2, 0.25) is 0 Å². The molecule has 0 spiro atoms. The second-order valence-electron chi connectivity index (χ2n) is 4.50. The Morgan fingerprint density at radius 1 is 1.00 bits per heavy atom. The summed E-state index contributed by atoms with van der Waals surface area (Å²) in [4.78, 5) is 7.44. The van der Waals surface area contributed by atoms with E-state index in [1.807, 2.05) is 30.6 Å². The van der Waals surface area contributed by atoms with Crippen molar-refractivity contribution in [3.8, 4) is 0 Å². The van der Waals surface area contributed by atoms with Gasteiger partial charge in [-0.1, -0.05) is 0 Å². The van der Waals surface area contributed by atoms with E-state index in [0.29, 0.717) is 0 Å². The summed E-state index contributed by atoms with van der Waals surface area (Å²) in [6.45, 7) is 0. The first-order chi connectivity index (χ1) is 8.81. The van der Waals surface area contributed by atoms with Gasteiger partial charge in [0.2, 0.25) is 0 Å². The Kier molecular flexibility index (Phi) is 2.73. The highest BCUT2D eigenvalue weighted by molar-refractivity contribution is 5.83. The van der Waals surface area contributed by atoms with Crippen molar-refractivity contribution >= 4 is 16.6 Å². The van der Waals surface area contributed by atoms with Gasteiger partial charge in [0.1, 0.15) is 0 Å². The fraction of sp³-hybridized carbons (Fsp3) is 0.133. The highest BCUT2D eigenvalue weighted by atomic mass is 14.7. The maximum atomic E-state index is 5.78. The number of nitrogen functional groups attached to an aromatic ring is 1. The Balaban J connectivity index is 1.79. The van der Waals surface area contributed by atoms with E-state index in [4.69, 9.17) is 5.73 Å². The van der Waals surface area contributed by atoms with Crippen LogP contribution in [-0.2, 0) is 12.8 Å². The first-order valence-corrected chi connectivity index (χ1v) is 6.07. The number of anilines is 1. The van der Waals surface area contributed by atoms with Gasteiger partial charge in [-0.25, -0.2) is 0 Å². The Morgan fingerprint density at radius 3 is 2.67 bits per heavy atom. The lowest BCUT2D eigenvalue weighted by Gasteiger charge is -1.98. The molecule has 2 heterocycles.